The highest BCUT2D eigenvalue weighted by Gasteiger charge is 2.27. The molecular formula is C21H28N2O5. The normalized spacial score (nSPS) is 14.7. The quantitative estimate of drug-likeness (QED) is 0.544. The fourth-order valence-electron chi connectivity index (χ4n) is 2.98. The molecule has 28 heavy (non-hydrogen) atoms. The molecule has 0 saturated carbocycles. The number of hydrogen-bond acceptors (Lipinski definition) is 6. The number of nitrogens with one attached hydrogen (secondary N) is 1. The van der Waals surface area contributed by atoms with Crippen LogP contribution in [0.15, 0.2) is 30.3 Å². The predicted octanol–water partition coefficient (Wildman–Crippen LogP) is 2.48. The maximum absolute atomic E-state index is 12.4. The van der Waals surface area contributed by atoms with Gasteiger partial charge in [-0.05, 0) is 50.5 Å². The van der Waals surface area contributed by atoms with Crippen molar-refractivity contribution in [2.45, 2.75) is 26.7 Å². The standard InChI is InChI=1S/C21H28N2O5/c1-3-27-20(25)10-7-16-5-8-18(9-6-16)22-15-19(24)23-13-11-17(12-14-23)21(26)28-4-2/h5-10,17,22H,3-4,11-15H2,1-2H3/b10-7+. The third kappa shape index (κ3) is 6.72. The molecule has 0 radical (unpaired) electrons. The summed E-state index contributed by atoms with van der Waals surface area (Å²) in [6.07, 6.45) is 4.36. The minimum absolute atomic E-state index is 0.00796. The Labute approximate surface area is 165 Å². The van der Waals surface area contributed by atoms with Crippen LogP contribution < -0.4 is 5.32 Å². The average Bonchev–Trinajstić information content (AvgIpc) is 2.72. The Kier molecular flexibility index (Phi) is 8.52. The number of ether oxygens (including phenoxy) is 2. The van der Waals surface area contributed by atoms with Crippen molar-refractivity contribution in [3.8, 4) is 0 Å². The Morgan fingerprint density at radius 2 is 1.71 bits per heavy atom. The van der Waals surface area contributed by atoms with Crippen molar-refractivity contribution >= 4 is 29.6 Å². The topological polar surface area (TPSA) is 84.9 Å². The molecule has 1 aliphatic heterocycles. The van der Waals surface area contributed by atoms with E-state index < -0.39 is 0 Å². The maximum Gasteiger partial charge on any atom is 0.330 e. The summed E-state index contributed by atoms with van der Waals surface area (Å²) in [5, 5.41) is 3.11. The molecule has 1 heterocycles. The molecule has 1 saturated heterocycles. The van der Waals surface area contributed by atoms with Crippen LogP contribution in [0.4, 0.5) is 5.69 Å². The maximum atomic E-state index is 12.4. The third-order valence-corrected chi connectivity index (χ3v) is 4.52. The molecule has 0 atom stereocenters. The summed E-state index contributed by atoms with van der Waals surface area (Å²) in [6.45, 7) is 5.63. The number of carbonyl (C=O) groups excluding carboxylic acids is 3. The molecule has 1 amide bonds. The van der Waals surface area contributed by atoms with Crippen LogP contribution in [-0.4, -0.2) is 55.6 Å². The molecule has 2 rings (SSSR count). The van der Waals surface area contributed by atoms with Crippen molar-refractivity contribution in [3.63, 3.8) is 0 Å². The molecule has 0 spiro atoms. The molecule has 0 aromatic heterocycles. The van der Waals surface area contributed by atoms with E-state index in [1.54, 1.807) is 24.8 Å². The number of esters is 2. The monoisotopic (exact) mass is 388 g/mol. The van der Waals surface area contributed by atoms with E-state index in [1.165, 1.54) is 6.08 Å². The first-order chi connectivity index (χ1) is 13.5. The number of rotatable bonds is 8. The molecule has 7 nitrogen and oxygen atoms in total. The van der Waals surface area contributed by atoms with Crippen LogP contribution in [0.1, 0.15) is 32.3 Å². The Balaban J connectivity index is 1.76. The number of anilines is 1. The number of benzene rings is 1. The molecule has 1 N–H and O–H groups in total. The van der Waals surface area contributed by atoms with Crippen LogP contribution in [0, 0.1) is 5.92 Å². The predicted molar refractivity (Wildman–Crippen MR) is 107 cm³/mol. The highest BCUT2D eigenvalue weighted by Crippen LogP contribution is 2.19. The van der Waals surface area contributed by atoms with Gasteiger partial charge in [0, 0.05) is 24.9 Å². The van der Waals surface area contributed by atoms with E-state index in [0.29, 0.717) is 39.1 Å². The van der Waals surface area contributed by atoms with Crippen LogP contribution in [0.2, 0.25) is 0 Å². The van der Waals surface area contributed by atoms with Crippen molar-refractivity contribution in [2.75, 3.05) is 38.2 Å². The number of likely N-dealkylation sites (tertiary alicyclic amines) is 1. The number of nitrogens with zero attached hydrogens (tertiary/aromatic N) is 1. The lowest BCUT2D eigenvalue weighted by atomic mass is 9.97. The van der Waals surface area contributed by atoms with Gasteiger partial charge in [-0.3, -0.25) is 9.59 Å². The molecule has 0 unspecified atom stereocenters. The molecular weight excluding hydrogens is 360 g/mol. The second kappa shape index (κ2) is 11.1. The van der Waals surface area contributed by atoms with Gasteiger partial charge in [0.25, 0.3) is 0 Å². The van der Waals surface area contributed by atoms with Gasteiger partial charge in [0.1, 0.15) is 0 Å². The zero-order valence-corrected chi connectivity index (χ0v) is 16.5. The van der Waals surface area contributed by atoms with Crippen molar-refractivity contribution in [3.05, 3.63) is 35.9 Å². The molecule has 152 valence electrons. The van der Waals surface area contributed by atoms with Crippen LogP contribution in [0.5, 0.6) is 0 Å². The van der Waals surface area contributed by atoms with E-state index in [4.69, 9.17) is 9.47 Å². The largest absolute Gasteiger partial charge is 0.466 e. The lowest BCUT2D eigenvalue weighted by Crippen LogP contribution is -2.43. The van der Waals surface area contributed by atoms with E-state index in [0.717, 1.165) is 11.3 Å². The zero-order valence-electron chi connectivity index (χ0n) is 16.5. The smallest absolute Gasteiger partial charge is 0.330 e. The summed E-state index contributed by atoms with van der Waals surface area (Å²) in [6, 6.07) is 7.41. The minimum atomic E-state index is -0.373. The summed E-state index contributed by atoms with van der Waals surface area (Å²) >= 11 is 0. The SMILES string of the molecule is CCOC(=O)/C=C/c1ccc(NCC(=O)N2CCC(C(=O)OCC)CC2)cc1. The van der Waals surface area contributed by atoms with Gasteiger partial charge in [0.2, 0.25) is 5.91 Å². The number of amides is 1. The van der Waals surface area contributed by atoms with E-state index in [1.807, 2.05) is 24.3 Å². The summed E-state index contributed by atoms with van der Waals surface area (Å²) in [4.78, 5) is 37.2. The van der Waals surface area contributed by atoms with Crippen LogP contribution in [-0.2, 0) is 23.9 Å². The van der Waals surface area contributed by atoms with Gasteiger partial charge in [-0.25, -0.2) is 4.79 Å². The molecule has 1 aromatic carbocycles. The van der Waals surface area contributed by atoms with Crippen molar-refractivity contribution in [2.24, 2.45) is 5.92 Å². The first-order valence-corrected chi connectivity index (χ1v) is 9.66. The third-order valence-electron chi connectivity index (χ3n) is 4.52. The fraction of sp³-hybridized carbons (Fsp3) is 0.476. The molecule has 1 aromatic rings. The van der Waals surface area contributed by atoms with Crippen molar-refractivity contribution < 1.29 is 23.9 Å². The molecule has 1 fully saturated rings. The second-order valence-corrected chi connectivity index (χ2v) is 6.47. The van der Waals surface area contributed by atoms with Crippen LogP contribution in [0.25, 0.3) is 6.08 Å². The lowest BCUT2D eigenvalue weighted by molar-refractivity contribution is -0.151. The highest BCUT2D eigenvalue weighted by atomic mass is 16.5. The Bertz CT molecular complexity index is 691. The zero-order chi connectivity index (χ0) is 20.4. The Hall–Kier alpha value is -2.83. The van der Waals surface area contributed by atoms with Gasteiger partial charge in [0.15, 0.2) is 0 Å². The Morgan fingerprint density at radius 3 is 2.32 bits per heavy atom. The molecule has 0 aliphatic carbocycles. The van der Waals surface area contributed by atoms with Crippen LogP contribution in [0.3, 0.4) is 0 Å². The molecule has 7 heteroatoms. The minimum Gasteiger partial charge on any atom is -0.466 e. The second-order valence-electron chi connectivity index (χ2n) is 6.47. The van der Waals surface area contributed by atoms with E-state index in [2.05, 4.69) is 5.32 Å². The summed E-state index contributed by atoms with van der Waals surface area (Å²) < 4.78 is 9.89. The molecule has 0 bridgehead atoms. The van der Waals surface area contributed by atoms with E-state index >= 15 is 0 Å². The van der Waals surface area contributed by atoms with E-state index in [-0.39, 0.29) is 30.3 Å². The van der Waals surface area contributed by atoms with Gasteiger partial charge in [-0.15, -0.1) is 0 Å². The lowest BCUT2D eigenvalue weighted by Gasteiger charge is -2.31. The number of hydrogen-bond donors (Lipinski definition) is 1. The van der Waals surface area contributed by atoms with Crippen LogP contribution >= 0.6 is 0 Å². The van der Waals surface area contributed by atoms with Gasteiger partial charge in [-0.2, -0.15) is 0 Å². The first-order valence-electron chi connectivity index (χ1n) is 9.66. The first kappa shape index (κ1) is 21.5. The summed E-state index contributed by atoms with van der Waals surface area (Å²) in [5.74, 6) is -0.632. The van der Waals surface area contributed by atoms with Gasteiger partial charge < -0.3 is 19.7 Å². The van der Waals surface area contributed by atoms with Gasteiger partial charge in [0.05, 0.1) is 25.7 Å². The highest BCUT2D eigenvalue weighted by molar-refractivity contribution is 5.87. The fourth-order valence-corrected chi connectivity index (χ4v) is 2.98. The van der Waals surface area contributed by atoms with Crippen molar-refractivity contribution in [1.82, 2.24) is 4.90 Å². The number of piperidine rings is 1. The molecule has 1 aliphatic rings. The number of carbonyl (C=O) groups is 3. The van der Waals surface area contributed by atoms with E-state index in [9.17, 15) is 14.4 Å². The average molecular weight is 388 g/mol. The van der Waals surface area contributed by atoms with Crippen molar-refractivity contribution in [1.29, 1.82) is 0 Å². The van der Waals surface area contributed by atoms with Gasteiger partial charge >= 0.3 is 11.9 Å². The summed E-state index contributed by atoms with van der Waals surface area (Å²) in [5.41, 5.74) is 1.69. The summed E-state index contributed by atoms with van der Waals surface area (Å²) in [7, 11) is 0. The van der Waals surface area contributed by atoms with Gasteiger partial charge in [-0.1, -0.05) is 12.1 Å². The Morgan fingerprint density at radius 1 is 1.07 bits per heavy atom.